The van der Waals surface area contributed by atoms with Crippen molar-refractivity contribution in [1.29, 1.82) is 0 Å². The van der Waals surface area contributed by atoms with Gasteiger partial charge < -0.3 is 5.11 Å². The average molecular weight is 186 g/mol. The Kier molecular flexibility index (Phi) is 6.40. The van der Waals surface area contributed by atoms with Gasteiger partial charge in [-0.05, 0) is 25.2 Å². The molecule has 1 unspecified atom stereocenters. The Labute approximate surface area is 83.5 Å². The average Bonchev–Trinajstić information content (AvgIpc) is 2.05. The Bertz CT molecular complexity index is 114. The molecule has 1 N–H and O–H groups in total. The third-order valence-electron chi connectivity index (χ3n) is 3.00. The smallest absolute Gasteiger partial charge is 0.0673 e. The Morgan fingerprint density at radius 3 is 1.77 bits per heavy atom. The highest BCUT2D eigenvalue weighted by molar-refractivity contribution is 4.82. The fourth-order valence-electron chi connectivity index (χ4n) is 2.19. The van der Waals surface area contributed by atoms with Crippen LogP contribution in [0, 0.1) is 5.92 Å². The van der Waals surface area contributed by atoms with E-state index in [0.29, 0.717) is 5.92 Å². The lowest BCUT2D eigenvalue weighted by molar-refractivity contribution is -0.0316. The molecule has 80 valence electrons. The molecule has 0 heterocycles. The van der Waals surface area contributed by atoms with Gasteiger partial charge in [-0.25, -0.2) is 0 Å². The van der Waals surface area contributed by atoms with Crippen molar-refractivity contribution < 1.29 is 5.11 Å². The molecular formula is C12H26O. The lowest BCUT2D eigenvalue weighted by Gasteiger charge is -2.34. The minimum atomic E-state index is -0.389. The highest BCUT2D eigenvalue weighted by Crippen LogP contribution is 2.31. The van der Waals surface area contributed by atoms with E-state index in [-0.39, 0.29) is 5.60 Å². The molecule has 0 radical (unpaired) electrons. The van der Waals surface area contributed by atoms with E-state index in [1.165, 1.54) is 6.42 Å². The molecule has 0 spiro atoms. The van der Waals surface area contributed by atoms with Crippen LogP contribution in [0.1, 0.15) is 66.2 Å². The van der Waals surface area contributed by atoms with Gasteiger partial charge in [0.15, 0.2) is 0 Å². The molecule has 13 heavy (non-hydrogen) atoms. The molecule has 0 bridgehead atoms. The molecule has 0 aliphatic carbocycles. The zero-order valence-corrected chi connectivity index (χ0v) is 9.77. The Balaban J connectivity index is 4.18. The van der Waals surface area contributed by atoms with Crippen LogP contribution in [-0.2, 0) is 0 Å². The van der Waals surface area contributed by atoms with Gasteiger partial charge in [0.2, 0.25) is 0 Å². The molecule has 0 fully saturated rings. The summed E-state index contributed by atoms with van der Waals surface area (Å²) in [5.74, 6) is 0.456. The molecule has 0 amide bonds. The fraction of sp³-hybridized carbons (Fsp3) is 1.00. The van der Waals surface area contributed by atoms with Gasteiger partial charge in [0.1, 0.15) is 0 Å². The monoisotopic (exact) mass is 186 g/mol. The zero-order chi connectivity index (χ0) is 10.3. The lowest BCUT2D eigenvalue weighted by Crippen LogP contribution is -2.36. The molecule has 1 nitrogen and oxygen atoms in total. The van der Waals surface area contributed by atoms with E-state index in [1.54, 1.807) is 0 Å². The molecule has 1 atom stereocenters. The first-order chi connectivity index (χ1) is 6.10. The van der Waals surface area contributed by atoms with E-state index >= 15 is 0 Å². The van der Waals surface area contributed by atoms with Crippen molar-refractivity contribution in [3.63, 3.8) is 0 Å². The van der Waals surface area contributed by atoms with Gasteiger partial charge in [0, 0.05) is 0 Å². The van der Waals surface area contributed by atoms with Crippen molar-refractivity contribution in [1.82, 2.24) is 0 Å². The van der Waals surface area contributed by atoms with Crippen molar-refractivity contribution in [3.05, 3.63) is 0 Å². The van der Waals surface area contributed by atoms with E-state index in [4.69, 9.17) is 0 Å². The van der Waals surface area contributed by atoms with Gasteiger partial charge in [-0.3, -0.25) is 0 Å². The Morgan fingerprint density at radius 2 is 1.46 bits per heavy atom. The van der Waals surface area contributed by atoms with Crippen LogP contribution in [0.15, 0.2) is 0 Å². The minimum absolute atomic E-state index is 0.389. The summed E-state index contributed by atoms with van der Waals surface area (Å²) in [5.41, 5.74) is -0.389. The van der Waals surface area contributed by atoms with E-state index in [1.807, 2.05) is 0 Å². The molecular weight excluding hydrogens is 160 g/mol. The topological polar surface area (TPSA) is 20.2 Å². The van der Waals surface area contributed by atoms with Gasteiger partial charge >= 0.3 is 0 Å². The second kappa shape index (κ2) is 6.42. The fourth-order valence-corrected chi connectivity index (χ4v) is 2.19. The Hall–Kier alpha value is -0.0400. The first kappa shape index (κ1) is 13.0. The van der Waals surface area contributed by atoms with Crippen LogP contribution in [0.3, 0.4) is 0 Å². The summed E-state index contributed by atoms with van der Waals surface area (Å²) in [6, 6.07) is 0. The van der Waals surface area contributed by atoms with Gasteiger partial charge in [0.25, 0.3) is 0 Å². The molecule has 0 aliphatic rings. The molecule has 0 aromatic carbocycles. The van der Waals surface area contributed by atoms with Gasteiger partial charge in [-0.15, -0.1) is 0 Å². The van der Waals surface area contributed by atoms with Crippen molar-refractivity contribution in [2.24, 2.45) is 5.92 Å². The van der Waals surface area contributed by atoms with Gasteiger partial charge in [0.05, 0.1) is 5.60 Å². The zero-order valence-electron chi connectivity index (χ0n) is 9.77. The summed E-state index contributed by atoms with van der Waals surface area (Å²) in [5, 5.41) is 10.4. The largest absolute Gasteiger partial charge is 0.390 e. The molecule has 0 aromatic rings. The number of aliphatic hydroxyl groups is 1. The van der Waals surface area contributed by atoms with Crippen LogP contribution in [0.4, 0.5) is 0 Å². The number of rotatable bonds is 7. The van der Waals surface area contributed by atoms with Crippen LogP contribution in [0.25, 0.3) is 0 Å². The third-order valence-corrected chi connectivity index (χ3v) is 3.00. The summed E-state index contributed by atoms with van der Waals surface area (Å²) < 4.78 is 0. The quantitative estimate of drug-likeness (QED) is 0.642. The van der Waals surface area contributed by atoms with Crippen molar-refractivity contribution in [2.45, 2.75) is 71.8 Å². The standard InChI is InChI=1S/C12H26O/c1-5-8-11(4)12(13,9-6-2)10-7-3/h11,13H,5-10H2,1-4H3. The van der Waals surface area contributed by atoms with E-state index < -0.39 is 0 Å². The van der Waals surface area contributed by atoms with Crippen LogP contribution in [-0.4, -0.2) is 10.7 Å². The van der Waals surface area contributed by atoms with Crippen LogP contribution in [0.2, 0.25) is 0 Å². The minimum Gasteiger partial charge on any atom is -0.390 e. The van der Waals surface area contributed by atoms with E-state index in [2.05, 4.69) is 27.7 Å². The predicted molar refractivity (Wildman–Crippen MR) is 58.8 cm³/mol. The van der Waals surface area contributed by atoms with Gasteiger partial charge in [-0.2, -0.15) is 0 Å². The molecule has 0 rings (SSSR count). The number of hydrogen-bond donors (Lipinski definition) is 1. The third kappa shape index (κ3) is 4.12. The van der Waals surface area contributed by atoms with E-state index in [9.17, 15) is 5.11 Å². The van der Waals surface area contributed by atoms with Crippen molar-refractivity contribution in [3.8, 4) is 0 Å². The summed E-state index contributed by atoms with van der Waals surface area (Å²) >= 11 is 0. The second-order valence-electron chi connectivity index (χ2n) is 4.29. The molecule has 0 saturated heterocycles. The first-order valence-corrected chi connectivity index (χ1v) is 5.83. The van der Waals surface area contributed by atoms with Crippen LogP contribution in [0.5, 0.6) is 0 Å². The van der Waals surface area contributed by atoms with Crippen LogP contribution >= 0.6 is 0 Å². The molecule has 1 heteroatoms. The normalized spacial score (nSPS) is 14.5. The van der Waals surface area contributed by atoms with E-state index in [0.717, 1.165) is 32.1 Å². The maximum atomic E-state index is 10.4. The summed E-state index contributed by atoms with van der Waals surface area (Å²) in [6.07, 6.45) is 6.42. The summed E-state index contributed by atoms with van der Waals surface area (Å²) in [7, 11) is 0. The summed E-state index contributed by atoms with van der Waals surface area (Å²) in [4.78, 5) is 0. The second-order valence-corrected chi connectivity index (χ2v) is 4.29. The Morgan fingerprint density at radius 1 is 1.00 bits per heavy atom. The maximum absolute atomic E-state index is 10.4. The lowest BCUT2D eigenvalue weighted by atomic mass is 9.79. The maximum Gasteiger partial charge on any atom is 0.0673 e. The summed E-state index contributed by atoms with van der Waals surface area (Å²) in [6.45, 7) is 8.68. The van der Waals surface area contributed by atoms with Crippen molar-refractivity contribution in [2.75, 3.05) is 0 Å². The first-order valence-electron chi connectivity index (χ1n) is 5.83. The highest BCUT2D eigenvalue weighted by Gasteiger charge is 2.30. The van der Waals surface area contributed by atoms with Gasteiger partial charge in [-0.1, -0.05) is 47.0 Å². The molecule has 0 aliphatic heterocycles. The molecule has 0 saturated carbocycles. The highest BCUT2D eigenvalue weighted by atomic mass is 16.3. The molecule has 0 aromatic heterocycles. The number of hydrogen-bond acceptors (Lipinski definition) is 1. The van der Waals surface area contributed by atoms with Crippen molar-refractivity contribution >= 4 is 0 Å². The SMILES string of the molecule is CCCC(C)C(O)(CCC)CCC. The van der Waals surface area contributed by atoms with Crippen LogP contribution < -0.4 is 0 Å². The predicted octanol–water partition coefficient (Wildman–Crippen LogP) is 3.75.